The highest BCUT2D eigenvalue weighted by molar-refractivity contribution is 5.83. The van der Waals surface area contributed by atoms with Crippen LogP contribution in [-0.4, -0.2) is 17.9 Å². The zero-order chi connectivity index (χ0) is 14.0. The minimum absolute atomic E-state index is 0.310. The summed E-state index contributed by atoms with van der Waals surface area (Å²) in [4.78, 5) is 11.2. The van der Waals surface area contributed by atoms with Crippen LogP contribution in [0.3, 0.4) is 0 Å². The Kier molecular flexibility index (Phi) is 3.69. The van der Waals surface area contributed by atoms with Crippen LogP contribution in [0.2, 0.25) is 0 Å². The second kappa shape index (κ2) is 5.11. The molecule has 1 amide bonds. The predicted molar refractivity (Wildman–Crippen MR) is 71.0 cm³/mol. The smallest absolute Gasteiger partial charge is 0.321 e. The van der Waals surface area contributed by atoms with Gasteiger partial charge in [-0.1, -0.05) is 30.3 Å². The van der Waals surface area contributed by atoms with Crippen LogP contribution in [0.1, 0.15) is 31.4 Å². The minimum Gasteiger partial charge on any atom is -0.348 e. The lowest BCUT2D eigenvalue weighted by molar-refractivity contribution is -0.143. The Morgan fingerprint density at radius 3 is 2.79 bits per heavy atom. The minimum atomic E-state index is -3.32. The number of alkyl halides is 2. The van der Waals surface area contributed by atoms with Gasteiger partial charge in [-0.25, -0.2) is 0 Å². The van der Waals surface area contributed by atoms with E-state index in [2.05, 4.69) is 17.5 Å². The Labute approximate surface area is 111 Å². The van der Waals surface area contributed by atoms with Crippen molar-refractivity contribution >= 4 is 11.5 Å². The summed E-state index contributed by atoms with van der Waals surface area (Å²) in [5.74, 6) is -4.54. The summed E-state index contributed by atoms with van der Waals surface area (Å²) in [6.45, 7) is 2.35. The molecule has 0 fully saturated rings. The van der Waals surface area contributed by atoms with Gasteiger partial charge in [0.2, 0.25) is 0 Å². The maximum absolute atomic E-state index is 12.8. The molecule has 1 aromatic carbocycles. The molecule has 2 nitrogen and oxygen atoms in total. The lowest BCUT2D eigenvalue weighted by Crippen LogP contribution is -2.42. The molecule has 0 saturated heterocycles. The molecule has 19 heavy (non-hydrogen) atoms. The van der Waals surface area contributed by atoms with E-state index in [0.717, 1.165) is 17.6 Å². The summed E-state index contributed by atoms with van der Waals surface area (Å²) in [5, 5.41) is 2.35. The number of allylic oxidation sites excluding steroid dienone is 1. The summed E-state index contributed by atoms with van der Waals surface area (Å²) in [6.07, 6.45) is 3.53. The molecule has 0 unspecified atom stereocenters. The molecule has 1 aliphatic carbocycles. The van der Waals surface area contributed by atoms with Gasteiger partial charge in [0.25, 0.3) is 5.91 Å². The molecule has 102 valence electrons. The Hall–Kier alpha value is -1.71. The molecule has 0 spiro atoms. The van der Waals surface area contributed by atoms with Crippen molar-refractivity contribution < 1.29 is 13.6 Å². The van der Waals surface area contributed by atoms with Crippen molar-refractivity contribution in [3.8, 4) is 0 Å². The summed E-state index contributed by atoms with van der Waals surface area (Å²) >= 11 is 0. The van der Waals surface area contributed by atoms with Crippen molar-refractivity contribution in [3.05, 3.63) is 41.5 Å². The van der Waals surface area contributed by atoms with E-state index in [-0.39, 0.29) is 6.04 Å². The second-order valence-electron chi connectivity index (χ2n) is 5.06. The fraction of sp³-hybridized carbons (Fsp3) is 0.400. The molecule has 0 aromatic heterocycles. The lowest BCUT2D eigenvalue weighted by Gasteiger charge is -2.18. The van der Waals surface area contributed by atoms with Gasteiger partial charge in [-0.3, -0.25) is 4.79 Å². The van der Waals surface area contributed by atoms with Crippen molar-refractivity contribution in [1.29, 1.82) is 0 Å². The predicted octanol–water partition coefficient (Wildman–Crippen LogP) is 3.18. The second-order valence-corrected chi connectivity index (χ2v) is 5.06. The van der Waals surface area contributed by atoms with E-state index < -0.39 is 11.8 Å². The maximum atomic E-state index is 12.8. The Balaban J connectivity index is 1.98. The van der Waals surface area contributed by atoms with Crippen LogP contribution >= 0.6 is 0 Å². The number of hydrogen-bond donors (Lipinski definition) is 1. The van der Waals surface area contributed by atoms with Crippen LogP contribution in [-0.2, 0) is 11.2 Å². The standard InChI is InChI=1S/C15H17F2NO/c1-10(18-14(19)15(2,16)17)9-12-8-7-11-5-3-4-6-13(11)12/h3-6,8,10H,7,9H2,1-2H3,(H,18,19)/t10-/m1/s1. The van der Waals surface area contributed by atoms with Gasteiger partial charge >= 0.3 is 5.92 Å². The van der Waals surface area contributed by atoms with E-state index in [4.69, 9.17) is 0 Å². The topological polar surface area (TPSA) is 29.1 Å². The number of fused-ring (bicyclic) bond motifs is 1. The quantitative estimate of drug-likeness (QED) is 0.890. The van der Waals surface area contributed by atoms with Crippen molar-refractivity contribution in [2.24, 2.45) is 0 Å². The largest absolute Gasteiger partial charge is 0.348 e. The van der Waals surface area contributed by atoms with Crippen LogP contribution < -0.4 is 5.32 Å². The SMILES string of the molecule is C[C@H](CC1=CCc2ccccc21)NC(=O)C(C)(F)F. The summed E-state index contributed by atoms with van der Waals surface area (Å²) < 4.78 is 25.6. The highest BCUT2D eigenvalue weighted by Crippen LogP contribution is 2.30. The van der Waals surface area contributed by atoms with Crippen LogP contribution in [0.5, 0.6) is 0 Å². The fourth-order valence-electron chi connectivity index (χ4n) is 2.28. The zero-order valence-electron chi connectivity index (χ0n) is 11.0. The highest BCUT2D eigenvalue weighted by atomic mass is 19.3. The lowest BCUT2D eigenvalue weighted by atomic mass is 10.0. The van der Waals surface area contributed by atoms with E-state index in [0.29, 0.717) is 13.3 Å². The fourth-order valence-corrected chi connectivity index (χ4v) is 2.28. The number of rotatable bonds is 4. The summed E-state index contributed by atoms with van der Waals surface area (Å²) in [6, 6.07) is 7.72. The number of benzene rings is 1. The van der Waals surface area contributed by atoms with E-state index in [9.17, 15) is 13.6 Å². The van der Waals surface area contributed by atoms with Crippen LogP contribution in [0.15, 0.2) is 30.3 Å². The molecule has 1 N–H and O–H groups in total. The van der Waals surface area contributed by atoms with Gasteiger partial charge in [-0.15, -0.1) is 0 Å². The van der Waals surface area contributed by atoms with Crippen LogP contribution in [0, 0.1) is 0 Å². The van der Waals surface area contributed by atoms with Crippen molar-refractivity contribution in [1.82, 2.24) is 5.32 Å². The van der Waals surface area contributed by atoms with E-state index in [1.165, 1.54) is 5.56 Å². The molecule has 0 aliphatic heterocycles. The third kappa shape index (κ3) is 3.19. The van der Waals surface area contributed by atoms with E-state index >= 15 is 0 Å². The Morgan fingerprint density at radius 2 is 2.11 bits per heavy atom. The normalized spacial score (nSPS) is 15.7. The first-order valence-electron chi connectivity index (χ1n) is 6.34. The third-order valence-electron chi connectivity index (χ3n) is 3.23. The van der Waals surface area contributed by atoms with Gasteiger partial charge in [0, 0.05) is 13.0 Å². The zero-order valence-corrected chi connectivity index (χ0v) is 11.0. The molecule has 0 heterocycles. The van der Waals surface area contributed by atoms with Crippen LogP contribution in [0.4, 0.5) is 8.78 Å². The summed E-state index contributed by atoms with van der Waals surface area (Å²) in [7, 11) is 0. The molecule has 0 saturated carbocycles. The monoisotopic (exact) mass is 265 g/mol. The van der Waals surface area contributed by atoms with Gasteiger partial charge in [0.1, 0.15) is 0 Å². The Bertz CT molecular complexity index is 517. The molecular weight excluding hydrogens is 248 g/mol. The van der Waals surface area contributed by atoms with Crippen molar-refractivity contribution in [2.45, 2.75) is 38.7 Å². The van der Waals surface area contributed by atoms with Gasteiger partial charge in [-0.05, 0) is 36.5 Å². The van der Waals surface area contributed by atoms with Crippen molar-refractivity contribution in [3.63, 3.8) is 0 Å². The first-order valence-corrected chi connectivity index (χ1v) is 6.34. The van der Waals surface area contributed by atoms with Gasteiger partial charge in [-0.2, -0.15) is 8.78 Å². The van der Waals surface area contributed by atoms with E-state index in [1.54, 1.807) is 6.92 Å². The average Bonchev–Trinajstić information content (AvgIpc) is 2.71. The number of carbonyl (C=O) groups is 1. The van der Waals surface area contributed by atoms with Crippen molar-refractivity contribution in [2.75, 3.05) is 0 Å². The van der Waals surface area contributed by atoms with Gasteiger partial charge in [0.05, 0.1) is 0 Å². The van der Waals surface area contributed by atoms with Gasteiger partial charge in [0.15, 0.2) is 0 Å². The first-order chi connectivity index (χ1) is 8.88. The molecule has 0 radical (unpaired) electrons. The van der Waals surface area contributed by atoms with E-state index in [1.807, 2.05) is 18.2 Å². The average molecular weight is 265 g/mol. The molecule has 4 heteroatoms. The summed E-state index contributed by atoms with van der Waals surface area (Å²) in [5.41, 5.74) is 3.52. The Morgan fingerprint density at radius 1 is 1.42 bits per heavy atom. The molecule has 1 aliphatic rings. The number of halogens is 2. The number of hydrogen-bond acceptors (Lipinski definition) is 1. The number of amides is 1. The molecule has 1 atom stereocenters. The first kappa shape index (κ1) is 13.7. The molecule has 0 bridgehead atoms. The number of carbonyl (C=O) groups excluding carboxylic acids is 1. The number of nitrogens with one attached hydrogen (secondary N) is 1. The highest BCUT2D eigenvalue weighted by Gasteiger charge is 2.33. The maximum Gasteiger partial charge on any atom is 0.321 e. The van der Waals surface area contributed by atoms with Gasteiger partial charge < -0.3 is 5.32 Å². The van der Waals surface area contributed by atoms with Crippen LogP contribution in [0.25, 0.3) is 5.57 Å². The molecule has 1 aromatic rings. The molecule has 2 rings (SSSR count). The third-order valence-corrected chi connectivity index (χ3v) is 3.23. The molecular formula is C15H17F2NO.